The molecule has 0 fully saturated rings. The molecule has 3 nitrogen and oxygen atoms in total. The lowest BCUT2D eigenvalue weighted by atomic mass is 9.80. The van der Waals surface area contributed by atoms with Gasteiger partial charge in [-0.1, -0.05) is 172 Å². The van der Waals surface area contributed by atoms with Gasteiger partial charge in [0.05, 0.1) is 11.4 Å². The molecule has 2 heterocycles. The summed E-state index contributed by atoms with van der Waals surface area (Å²) in [6.45, 7) is 4.70. The van der Waals surface area contributed by atoms with E-state index in [0.29, 0.717) is 5.82 Å². The molecule has 0 saturated carbocycles. The number of aromatic nitrogens is 2. The highest BCUT2D eigenvalue weighted by molar-refractivity contribution is 6.11. The maximum Gasteiger partial charge on any atom is 0.160 e. The Labute approximate surface area is 338 Å². The Balaban J connectivity index is 1.07. The molecule has 8 aromatic carbocycles. The minimum absolute atomic E-state index is 0.148. The molecule has 274 valence electrons. The minimum Gasteiger partial charge on any atom is -0.455 e. The third-order valence-electron chi connectivity index (χ3n) is 11.9. The van der Waals surface area contributed by atoms with Gasteiger partial charge >= 0.3 is 0 Å². The Morgan fingerprint density at radius 1 is 0.362 bits per heavy atom. The summed E-state index contributed by atoms with van der Waals surface area (Å²) in [6, 6.07) is 69.0. The lowest BCUT2D eigenvalue weighted by molar-refractivity contribution is 0.660. The molecule has 11 rings (SSSR count). The Hall–Kier alpha value is -7.36. The summed E-state index contributed by atoms with van der Waals surface area (Å²) in [5.74, 6) is 0.707. The first kappa shape index (κ1) is 33.9. The van der Waals surface area contributed by atoms with Gasteiger partial charge in [-0.2, -0.15) is 0 Å². The monoisotopic (exact) mass is 742 g/mol. The smallest absolute Gasteiger partial charge is 0.160 e. The van der Waals surface area contributed by atoms with Crippen molar-refractivity contribution in [2.75, 3.05) is 0 Å². The van der Waals surface area contributed by atoms with Crippen LogP contribution in [0.4, 0.5) is 0 Å². The van der Waals surface area contributed by atoms with E-state index in [0.717, 1.165) is 77.8 Å². The predicted molar refractivity (Wildman–Crippen MR) is 239 cm³/mol. The van der Waals surface area contributed by atoms with Gasteiger partial charge in [0.2, 0.25) is 0 Å². The van der Waals surface area contributed by atoms with Gasteiger partial charge in [0, 0.05) is 38.4 Å². The number of fused-ring (bicyclic) bond motifs is 6. The molecule has 10 aromatic rings. The van der Waals surface area contributed by atoms with Gasteiger partial charge in [0.25, 0.3) is 0 Å². The maximum absolute atomic E-state index is 6.67. The molecule has 0 amide bonds. The van der Waals surface area contributed by atoms with Crippen LogP contribution in [0.3, 0.4) is 0 Å². The number of furan rings is 1. The normalized spacial score (nSPS) is 12.8. The van der Waals surface area contributed by atoms with Gasteiger partial charge in [-0.15, -0.1) is 0 Å². The maximum atomic E-state index is 6.67. The number of nitrogens with zero attached hydrogens (tertiary/aromatic N) is 2. The van der Waals surface area contributed by atoms with E-state index in [4.69, 9.17) is 14.4 Å². The molecule has 0 N–H and O–H groups in total. The van der Waals surface area contributed by atoms with Gasteiger partial charge < -0.3 is 4.42 Å². The van der Waals surface area contributed by atoms with Crippen molar-refractivity contribution in [3.05, 3.63) is 205 Å². The zero-order valence-corrected chi connectivity index (χ0v) is 32.3. The van der Waals surface area contributed by atoms with E-state index >= 15 is 0 Å². The average molecular weight is 743 g/mol. The molecule has 2 aromatic heterocycles. The number of rotatable bonds is 6. The van der Waals surface area contributed by atoms with Crippen LogP contribution in [0, 0.1) is 0 Å². The van der Waals surface area contributed by atoms with Crippen LogP contribution in [0.25, 0.3) is 100 Å². The molecule has 3 heteroatoms. The van der Waals surface area contributed by atoms with Crippen molar-refractivity contribution in [1.82, 2.24) is 9.97 Å². The van der Waals surface area contributed by atoms with Gasteiger partial charge in [-0.25, -0.2) is 9.97 Å². The molecule has 58 heavy (non-hydrogen) atoms. The van der Waals surface area contributed by atoms with E-state index in [1.54, 1.807) is 0 Å². The highest BCUT2D eigenvalue weighted by Gasteiger charge is 2.36. The number of para-hydroxylation sites is 2. The van der Waals surface area contributed by atoms with Crippen LogP contribution in [0.2, 0.25) is 0 Å². The first-order chi connectivity index (χ1) is 28.5. The molecule has 1 aliphatic rings. The first-order valence-corrected chi connectivity index (χ1v) is 19.9. The molecular weight excluding hydrogens is 705 g/mol. The zero-order valence-electron chi connectivity index (χ0n) is 32.3. The summed E-state index contributed by atoms with van der Waals surface area (Å²) in [5, 5.41) is 2.26. The lowest BCUT2D eigenvalue weighted by Gasteiger charge is -2.23. The van der Waals surface area contributed by atoms with Crippen LogP contribution in [0.5, 0.6) is 0 Å². The molecular formula is C55H38N2O. The zero-order chi connectivity index (χ0) is 38.8. The summed E-state index contributed by atoms with van der Waals surface area (Å²) in [4.78, 5) is 10.1. The molecule has 0 unspecified atom stereocenters. The topological polar surface area (TPSA) is 38.9 Å². The number of hydrogen-bond acceptors (Lipinski definition) is 3. The van der Waals surface area contributed by atoms with Crippen LogP contribution in [0.1, 0.15) is 25.0 Å². The quantitative estimate of drug-likeness (QED) is 0.170. The van der Waals surface area contributed by atoms with Crippen molar-refractivity contribution in [3.63, 3.8) is 0 Å². The van der Waals surface area contributed by atoms with E-state index in [1.807, 2.05) is 30.3 Å². The van der Waals surface area contributed by atoms with Crippen molar-refractivity contribution in [1.29, 1.82) is 0 Å². The molecule has 0 aliphatic heterocycles. The standard InChI is InChI=1S/C55H38N2O/c1-55(2)48-28-11-9-24-41(48)47-32-46(44-27-15-26-43-42-25-10-12-29-52(42)58-53(43)44)45(33-49(47)55)39-22-13-20-37(30-39)38-21-14-23-40(31-38)51-34-50(35-16-5-3-6-17-35)56-54(57-51)36-18-7-4-8-19-36/h3-34H,1-2H3. The van der Waals surface area contributed by atoms with E-state index < -0.39 is 0 Å². The molecule has 0 bridgehead atoms. The van der Waals surface area contributed by atoms with Gasteiger partial charge in [0.1, 0.15) is 11.2 Å². The summed E-state index contributed by atoms with van der Waals surface area (Å²) in [6.07, 6.45) is 0. The van der Waals surface area contributed by atoms with Crippen LogP contribution in [-0.2, 0) is 5.41 Å². The first-order valence-electron chi connectivity index (χ1n) is 19.9. The number of benzene rings is 8. The second-order valence-corrected chi connectivity index (χ2v) is 15.8. The van der Waals surface area contributed by atoms with Crippen LogP contribution in [0.15, 0.2) is 199 Å². The summed E-state index contributed by atoms with van der Waals surface area (Å²) in [5.41, 5.74) is 18.6. The third kappa shape index (κ3) is 5.58. The van der Waals surface area contributed by atoms with E-state index in [-0.39, 0.29) is 5.41 Å². The fourth-order valence-electron chi connectivity index (χ4n) is 8.96. The van der Waals surface area contributed by atoms with Crippen molar-refractivity contribution in [2.24, 2.45) is 0 Å². The Morgan fingerprint density at radius 2 is 0.931 bits per heavy atom. The van der Waals surface area contributed by atoms with Gasteiger partial charge in [-0.3, -0.25) is 0 Å². The van der Waals surface area contributed by atoms with Crippen LogP contribution >= 0.6 is 0 Å². The van der Waals surface area contributed by atoms with Crippen molar-refractivity contribution in [3.8, 4) is 78.4 Å². The summed E-state index contributed by atoms with van der Waals surface area (Å²) in [7, 11) is 0. The Bertz CT molecular complexity index is 3140. The van der Waals surface area contributed by atoms with Crippen molar-refractivity contribution >= 4 is 21.9 Å². The second-order valence-electron chi connectivity index (χ2n) is 15.8. The highest BCUT2D eigenvalue weighted by Crippen LogP contribution is 2.52. The summed E-state index contributed by atoms with van der Waals surface area (Å²) >= 11 is 0. The van der Waals surface area contributed by atoms with Crippen LogP contribution < -0.4 is 0 Å². The van der Waals surface area contributed by atoms with E-state index in [9.17, 15) is 0 Å². The number of hydrogen-bond donors (Lipinski definition) is 0. The minimum atomic E-state index is -0.148. The van der Waals surface area contributed by atoms with Crippen LogP contribution in [-0.4, -0.2) is 9.97 Å². The lowest BCUT2D eigenvalue weighted by Crippen LogP contribution is -2.15. The molecule has 0 atom stereocenters. The van der Waals surface area contributed by atoms with Gasteiger partial charge in [-0.05, 0) is 86.5 Å². The SMILES string of the molecule is CC1(C)c2ccccc2-c2cc(-c3cccc4c3oc3ccccc34)c(-c3cccc(-c4cccc(-c5cc(-c6ccccc6)nc(-c6ccccc6)n5)c4)c3)cc21. The summed E-state index contributed by atoms with van der Waals surface area (Å²) < 4.78 is 6.67. The Morgan fingerprint density at radius 3 is 1.72 bits per heavy atom. The fraction of sp³-hybridized carbons (Fsp3) is 0.0545. The predicted octanol–water partition coefficient (Wildman–Crippen LogP) is 14.7. The largest absolute Gasteiger partial charge is 0.455 e. The second kappa shape index (κ2) is 13.4. The van der Waals surface area contributed by atoms with E-state index in [1.165, 1.54) is 27.8 Å². The highest BCUT2D eigenvalue weighted by atomic mass is 16.3. The molecule has 0 spiro atoms. The Kier molecular flexibility index (Phi) is 7.84. The molecule has 0 radical (unpaired) electrons. The van der Waals surface area contributed by atoms with Crippen molar-refractivity contribution in [2.45, 2.75) is 19.3 Å². The average Bonchev–Trinajstić information content (AvgIpc) is 3.78. The van der Waals surface area contributed by atoms with E-state index in [2.05, 4.69) is 178 Å². The fourth-order valence-corrected chi connectivity index (χ4v) is 8.96. The molecule has 1 aliphatic carbocycles. The third-order valence-corrected chi connectivity index (χ3v) is 11.9. The van der Waals surface area contributed by atoms with Gasteiger partial charge in [0.15, 0.2) is 5.82 Å². The molecule has 0 saturated heterocycles. The van der Waals surface area contributed by atoms with Crippen molar-refractivity contribution < 1.29 is 4.42 Å².